The predicted octanol–water partition coefficient (Wildman–Crippen LogP) is 1.66. The summed E-state index contributed by atoms with van der Waals surface area (Å²) in [6.45, 7) is 4.55. The van der Waals surface area contributed by atoms with Crippen molar-refractivity contribution in [1.29, 1.82) is 0 Å². The number of benzene rings is 1. The normalized spacial score (nSPS) is 11.9. The molecule has 0 aliphatic rings. The number of nitrogens with zero attached hydrogens (tertiary/aromatic N) is 1. The summed E-state index contributed by atoms with van der Waals surface area (Å²) in [5.41, 5.74) is 1.84. The van der Waals surface area contributed by atoms with Crippen LogP contribution in [0.25, 0.3) is 0 Å². The Bertz CT molecular complexity index is 457. The third-order valence-electron chi connectivity index (χ3n) is 3.09. The van der Waals surface area contributed by atoms with Gasteiger partial charge < -0.3 is 15.3 Å². The molecule has 0 fully saturated rings. The summed E-state index contributed by atoms with van der Waals surface area (Å²) in [6.07, 6.45) is -0.0636. The number of carboxylic acids is 1. The van der Waals surface area contributed by atoms with E-state index in [1.807, 2.05) is 38.1 Å². The molecule has 1 unspecified atom stereocenters. The first kappa shape index (κ1) is 16.2. The zero-order valence-corrected chi connectivity index (χ0v) is 12.2. The SMILES string of the molecule is CNCC(C)C(=O)N(CCC(=O)O)c1ccc(C)cc1. The first-order valence-electron chi connectivity index (χ1n) is 6.70. The van der Waals surface area contributed by atoms with Crippen LogP contribution in [0.3, 0.4) is 0 Å². The van der Waals surface area contributed by atoms with Crippen LogP contribution in [-0.4, -0.2) is 37.1 Å². The minimum atomic E-state index is -0.906. The predicted molar refractivity (Wildman–Crippen MR) is 78.9 cm³/mol. The molecule has 0 aliphatic heterocycles. The van der Waals surface area contributed by atoms with Crippen molar-refractivity contribution < 1.29 is 14.7 Å². The molecule has 0 spiro atoms. The number of aliphatic carboxylic acids is 1. The zero-order valence-electron chi connectivity index (χ0n) is 12.2. The highest BCUT2D eigenvalue weighted by atomic mass is 16.4. The number of rotatable bonds is 7. The van der Waals surface area contributed by atoms with Gasteiger partial charge in [0.1, 0.15) is 0 Å². The molecule has 1 aromatic carbocycles. The van der Waals surface area contributed by atoms with Crippen LogP contribution in [0.5, 0.6) is 0 Å². The van der Waals surface area contributed by atoms with Gasteiger partial charge in [-0.25, -0.2) is 0 Å². The third-order valence-corrected chi connectivity index (χ3v) is 3.09. The first-order chi connectivity index (χ1) is 9.45. The first-order valence-corrected chi connectivity index (χ1v) is 6.70. The molecular weight excluding hydrogens is 256 g/mol. The summed E-state index contributed by atoms with van der Waals surface area (Å²) in [4.78, 5) is 24.7. The van der Waals surface area contributed by atoms with Crippen LogP contribution in [0.2, 0.25) is 0 Å². The maximum Gasteiger partial charge on any atom is 0.305 e. The van der Waals surface area contributed by atoms with E-state index in [1.165, 1.54) is 0 Å². The molecule has 0 heterocycles. The van der Waals surface area contributed by atoms with Crippen LogP contribution < -0.4 is 10.2 Å². The molecule has 0 saturated heterocycles. The average Bonchev–Trinajstić information content (AvgIpc) is 2.40. The average molecular weight is 278 g/mol. The smallest absolute Gasteiger partial charge is 0.305 e. The van der Waals surface area contributed by atoms with Crippen molar-refractivity contribution in [2.75, 3.05) is 25.0 Å². The van der Waals surface area contributed by atoms with E-state index in [-0.39, 0.29) is 24.8 Å². The van der Waals surface area contributed by atoms with Gasteiger partial charge in [0.15, 0.2) is 0 Å². The number of hydrogen-bond acceptors (Lipinski definition) is 3. The number of carbonyl (C=O) groups is 2. The summed E-state index contributed by atoms with van der Waals surface area (Å²) in [5.74, 6) is -1.17. The lowest BCUT2D eigenvalue weighted by molar-refractivity contribution is -0.136. The zero-order chi connectivity index (χ0) is 15.1. The lowest BCUT2D eigenvalue weighted by Gasteiger charge is -2.25. The van der Waals surface area contributed by atoms with Crippen molar-refractivity contribution in [3.8, 4) is 0 Å². The van der Waals surface area contributed by atoms with Crippen molar-refractivity contribution in [1.82, 2.24) is 5.32 Å². The quantitative estimate of drug-likeness (QED) is 0.796. The topological polar surface area (TPSA) is 69.6 Å². The molecule has 0 bridgehead atoms. The van der Waals surface area contributed by atoms with E-state index in [0.29, 0.717) is 6.54 Å². The molecule has 0 saturated carbocycles. The molecule has 0 aromatic heterocycles. The van der Waals surface area contributed by atoms with Gasteiger partial charge in [-0.15, -0.1) is 0 Å². The van der Waals surface area contributed by atoms with Crippen molar-refractivity contribution in [3.63, 3.8) is 0 Å². The molecule has 0 aliphatic carbocycles. The number of carboxylic acid groups (broad SMARTS) is 1. The summed E-state index contributed by atoms with van der Waals surface area (Å²) in [7, 11) is 1.79. The maximum absolute atomic E-state index is 12.4. The molecule has 5 nitrogen and oxygen atoms in total. The molecule has 1 atom stereocenters. The van der Waals surface area contributed by atoms with Crippen molar-refractivity contribution >= 4 is 17.6 Å². The minimum Gasteiger partial charge on any atom is -0.481 e. The maximum atomic E-state index is 12.4. The Hall–Kier alpha value is -1.88. The Morgan fingerprint density at radius 1 is 1.30 bits per heavy atom. The highest BCUT2D eigenvalue weighted by molar-refractivity contribution is 5.95. The van der Waals surface area contributed by atoms with E-state index in [1.54, 1.807) is 11.9 Å². The molecule has 20 heavy (non-hydrogen) atoms. The summed E-state index contributed by atoms with van der Waals surface area (Å²) < 4.78 is 0. The largest absolute Gasteiger partial charge is 0.481 e. The summed E-state index contributed by atoms with van der Waals surface area (Å²) in [5, 5.41) is 11.8. The van der Waals surface area contributed by atoms with Gasteiger partial charge in [-0.05, 0) is 26.1 Å². The molecule has 1 rings (SSSR count). The molecular formula is C15H22N2O3. The minimum absolute atomic E-state index is 0.0636. The second-order valence-electron chi connectivity index (χ2n) is 4.93. The fourth-order valence-corrected chi connectivity index (χ4v) is 1.96. The van der Waals surface area contributed by atoms with Gasteiger partial charge in [-0.2, -0.15) is 0 Å². The van der Waals surface area contributed by atoms with Crippen LogP contribution in [0.1, 0.15) is 18.9 Å². The van der Waals surface area contributed by atoms with Crippen LogP contribution in [0, 0.1) is 12.8 Å². The Labute approximate surface area is 119 Å². The standard InChI is InChI=1S/C15H22N2O3/c1-11-4-6-13(7-5-11)17(9-8-14(18)19)15(20)12(2)10-16-3/h4-7,12,16H,8-10H2,1-3H3,(H,18,19). The number of anilines is 1. The highest BCUT2D eigenvalue weighted by Gasteiger charge is 2.22. The second-order valence-corrected chi connectivity index (χ2v) is 4.93. The van der Waals surface area contributed by atoms with E-state index in [0.717, 1.165) is 11.3 Å². The van der Waals surface area contributed by atoms with E-state index < -0.39 is 5.97 Å². The van der Waals surface area contributed by atoms with E-state index >= 15 is 0 Å². The van der Waals surface area contributed by atoms with Crippen LogP contribution in [0.4, 0.5) is 5.69 Å². The Kier molecular flexibility index (Phi) is 6.18. The monoisotopic (exact) mass is 278 g/mol. The van der Waals surface area contributed by atoms with Gasteiger partial charge in [0.05, 0.1) is 6.42 Å². The molecule has 5 heteroatoms. The van der Waals surface area contributed by atoms with Crippen LogP contribution >= 0.6 is 0 Å². The highest BCUT2D eigenvalue weighted by Crippen LogP contribution is 2.18. The van der Waals surface area contributed by atoms with E-state index in [4.69, 9.17) is 5.11 Å². The van der Waals surface area contributed by atoms with E-state index in [9.17, 15) is 9.59 Å². The second kappa shape index (κ2) is 7.65. The number of aryl methyl sites for hydroxylation is 1. The molecule has 1 aromatic rings. The Morgan fingerprint density at radius 2 is 1.90 bits per heavy atom. The van der Waals surface area contributed by atoms with Crippen molar-refractivity contribution in [2.24, 2.45) is 5.92 Å². The van der Waals surface area contributed by atoms with Crippen LogP contribution in [-0.2, 0) is 9.59 Å². The lowest BCUT2D eigenvalue weighted by atomic mass is 10.1. The van der Waals surface area contributed by atoms with Gasteiger partial charge in [0.25, 0.3) is 0 Å². The van der Waals surface area contributed by atoms with E-state index in [2.05, 4.69) is 5.32 Å². The van der Waals surface area contributed by atoms with Gasteiger partial charge in [0, 0.05) is 24.7 Å². The molecule has 110 valence electrons. The van der Waals surface area contributed by atoms with Crippen molar-refractivity contribution in [3.05, 3.63) is 29.8 Å². The van der Waals surface area contributed by atoms with Crippen molar-refractivity contribution in [2.45, 2.75) is 20.3 Å². The number of hydrogen-bond donors (Lipinski definition) is 2. The Morgan fingerprint density at radius 3 is 2.40 bits per heavy atom. The molecule has 1 amide bonds. The molecule has 2 N–H and O–H groups in total. The lowest BCUT2D eigenvalue weighted by Crippen LogP contribution is -2.39. The van der Waals surface area contributed by atoms with Gasteiger partial charge in [0.2, 0.25) is 5.91 Å². The number of nitrogens with one attached hydrogen (secondary N) is 1. The number of amides is 1. The molecule has 0 radical (unpaired) electrons. The van der Waals surface area contributed by atoms with Gasteiger partial charge >= 0.3 is 5.97 Å². The fourth-order valence-electron chi connectivity index (χ4n) is 1.96. The van der Waals surface area contributed by atoms with Gasteiger partial charge in [-0.3, -0.25) is 9.59 Å². The fraction of sp³-hybridized carbons (Fsp3) is 0.467. The summed E-state index contributed by atoms with van der Waals surface area (Å²) >= 11 is 0. The number of carbonyl (C=O) groups excluding carboxylic acids is 1. The van der Waals surface area contributed by atoms with Gasteiger partial charge in [-0.1, -0.05) is 24.6 Å². The Balaban J connectivity index is 2.92. The third kappa shape index (κ3) is 4.66. The van der Waals surface area contributed by atoms with Crippen LogP contribution in [0.15, 0.2) is 24.3 Å². The summed E-state index contributed by atoms with van der Waals surface area (Å²) in [6, 6.07) is 7.53.